The molecule has 4 nitrogen and oxygen atoms in total. The average molecular weight is 230 g/mol. The smallest absolute Gasteiger partial charge is 0.150 e. The zero-order chi connectivity index (χ0) is 12.4. The van der Waals surface area contributed by atoms with E-state index in [4.69, 9.17) is 0 Å². The van der Waals surface area contributed by atoms with Crippen LogP contribution in [0.5, 0.6) is 17.2 Å². The van der Waals surface area contributed by atoms with Crippen molar-refractivity contribution >= 4 is 6.29 Å². The van der Waals surface area contributed by atoms with E-state index in [9.17, 15) is 20.1 Å². The minimum atomic E-state index is -0.154. The van der Waals surface area contributed by atoms with Gasteiger partial charge in [0.15, 0.2) is 6.29 Å². The summed E-state index contributed by atoms with van der Waals surface area (Å²) in [7, 11) is 0. The van der Waals surface area contributed by atoms with Crippen LogP contribution in [-0.4, -0.2) is 21.6 Å². The van der Waals surface area contributed by atoms with Gasteiger partial charge in [0.05, 0.1) is 0 Å². The first kappa shape index (κ1) is 11.0. The van der Waals surface area contributed by atoms with E-state index < -0.39 is 0 Å². The number of hydrogen-bond donors (Lipinski definition) is 3. The summed E-state index contributed by atoms with van der Waals surface area (Å²) in [6.07, 6.45) is 0.640. The molecule has 0 heterocycles. The van der Waals surface area contributed by atoms with Crippen molar-refractivity contribution in [2.45, 2.75) is 0 Å². The summed E-state index contributed by atoms with van der Waals surface area (Å²) in [5, 5.41) is 28.3. The number of phenolic OH excluding ortho intramolecular Hbond substituents is 3. The van der Waals surface area contributed by atoms with Crippen LogP contribution in [0.4, 0.5) is 0 Å². The van der Waals surface area contributed by atoms with Gasteiger partial charge in [0.25, 0.3) is 0 Å². The molecule has 17 heavy (non-hydrogen) atoms. The molecule has 0 radical (unpaired) electrons. The van der Waals surface area contributed by atoms with Crippen LogP contribution in [0.15, 0.2) is 36.4 Å². The number of hydrogen-bond acceptors (Lipinski definition) is 4. The molecule has 86 valence electrons. The SMILES string of the molecule is O=Cc1ccc(O)cc1-c1ccc(O)cc1O. The highest BCUT2D eigenvalue weighted by atomic mass is 16.3. The van der Waals surface area contributed by atoms with Crippen molar-refractivity contribution in [1.29, 1.82) is 0 Å². The maximum Gasteiger partial charge on any atom is 0.150 e. The first-order valence-corrected chi connectivity index (χ1v) is 4.92. The van der Waals surface area contributed by atoms with E-state index >= 15 is 0 Å². The molecule has 2 aromatic rings. The molecular formula is C13H10O4. The fraction of sp³-hybridized carbons (Fsp3) is 0. The molecule has 0 saturated carbocycles. The third kappa shape index (κ3) is 2.06. The normalized spacial score (nSPS) is 10.1. The topological polar surface area (TPSA) is 77.8 Å². The van der Waals surface area contributed by atoms with Crippen molar-refractivity contribution in [1.82, 2.24) is 0 Å². The van der Waals surface area contributed by atoms with Crippen LogP contribution < -0.4 is 0 Å². The van der Waals surface area contributed by atoms with E-state index in [1.54, 1.807) is 0 Å². The fourth-order valence-electron chi connectivity index (χ4n) is 1.63. The number of phenols is 3. The Morgan fingerprint density at radius 1 is 0.824 bits per heavy atom. The first-order valence-electron chi connectivity index (χ1n) is 4.92. The van der Waals surface area contributed by atoms with Crippen LogP contribution in [0.1, 0.15) is 10.4 Å². The van der Waals surface area contributed by atoms with E-state index in [1.807, 2.05) is 0 Å². The number of carbonyl (C=O) groups is 1. The predicted molar refractivity (Wildman–Crippen MR) is 62.3 cm³/mol. The first-order chi connectivity index (χ1) is 8.11. The Labute approximate surface area is 97.4 Å². The lowest BCUT2D eigenvalue weighted by Gasteiger charge is -2.08. The molecule has 3 N–H and O–H groups in total. The van der Waals surface area contributed by atoms with Crippen LogP contribution in [-0.2, 0) is 0 Å². The molecule has 2 aromatic carbocycles. The van der Waals surface area contributed by atoms with E-state index in [1.165, 1.54) is 36.4 Å². The fourth-order valence-corrected chi connectivity index (χ4v) is 1.63. The molecule has 0 fully saturated rings. The molecule has 0 aliphatic rings. The summed E-state index contributed by atoms with van der Waals surface area (Å²) < 4.78 is 0. The largest absolute Gasteiger partial charge is 0.508 e. The van der Waals surface area contributed by atoms with Crippen molar-refractivity contribution in [2.24, 2.45) is 0 Å². The average Bonchev–Trinajstić information content (AvgIpc) is 2.29. The van der Waals surface area contributed by atoms with E-state index in [2.05, 4.69) is 0 Å². The summed E-state index contributed by atoms with van der Waals surface area (Å²) in [6, 6.07) is 8.29. The van der Waals surface area contributed by atoms with E-state index in [-0.39, 0.29) is 17.2 Å². The minimum absolute atomic E-state index is 0.00178. The van der Waals surface area contributed by atoms with Crippen molar-refractivity contribution in [3.63, 3.8) is 0 Å². The lowest BCUT2D eigenvalue weighted by molar-refractivity contribution is 0.112. The van der Waals surface area contributed by atoms with Crippen LogP contribution in [0.2, 0.25) is 0 Å². The van der Waals surface area contributed by atoms with Crippen molar-refractivity contribution < 1.29 is 20.1 Å². The second-order valence-corrected chi connectivity index (χ2v) is 3.59. The summed E-state index contributed by atoms with van der Waals surface area (Å²) in [4.78, 5) is 10.9. The van der Waals surface area contributed by atoms with Crippen molar-refractivity contribution in [2.75, 3.05) is 0 Å². The third-order valence-electron chi connectivity index (χ3n) is 2.44. The Hall–Kier alpha value is -2.49. The Bertz CT molecular complexity index is 576. The quantitative estimate of drug-likeness (QED) is 0.691. The Kier molecular flexibility index (Phi) is 2.70. The van der Waals surface area contributed by atoms with Gasteiger partial charge in [-0.3, -0.25) is 4.79 Å². The zero-order valence-electron chi connectivity index (χ0n) is 8.79. The van der Waals surface area contributed by atoms with Gasteiger partial charge < -0.3 is 15.3 Å². The van der Waals surface area contributed by atoms with E-state index in [0.29, 0.717) is 23.0 Å². The lowest BCUT2D eigenvalue weighted by atomic mass is 9.99. The second-order valence-electron chi connectivity index (χ2n) is 3.59. The van der Waals surface area contributed by atoms with Gasteiger partial charge in [0, 0.05) is 17.2 Å². The summed E-state index contributed by atoms with van der Waals surface area (Å²) in [5.41, 5.74) is 1.14. The number of carbonyl (C=O) groups excluding carboxylic acids is 1. The number of benzene rings is 2. The van der Waals surface area contributed by atoms with Gasteiger partial charge >= 0.3 is 0 Å². The highest BCUT2D eigenvalue weighted by Crippen LogP contribution is 2.35. The van der Waals surface area contributed by atoms with Crippen LogP contribution in [0.3, 0.4) is 0 Å². The standard InChI is InChI=1S/C13H10O4/c14-7-8-1-2-9(15)5-12(8)11-4-3-10(16)6-13(11)17/h1-7,15-17H. The van der Waals surface area contributed by atoms with E-state index in [0.717, 1.165) is 0 Å². The molecule has 2 rings (SSSR count). The highest BCUT2D eigenvalue weighted by molar-refractivity contribution is 5.90. The molecule has 0 amide bonds. The summed E-state index contributed by atoms with van der Waals surface area (Å²) in [5.74, 6) is -0.226. The third-order valence-corrected chi connectivity index (χ3v) is 2.44. The van der Waals surface area contributed by atoms with Gasteiger partial charge in [0.1, 0.15) is 17.2 Å². The molecule has 0 saturated heterocycles. The van der Waals surface area contributed by atoms with Crippen LogP contribution in [0, 0.1) is 0 Å². The Balaban J connectivity index is 2.66. The molecule has 0 aromatic heterocycles. The maximum atomic E-state index is 10.9. The lowest BCUT2D eigenvalue weighted by Crippen LogP contribution is -1.87. The molecule has 0 aliphatic carbocycles. The van der Waals surface area contributed by atoms with Gasteiger partial charge in [-0.25, -0.2) is 0 Å². The van der Waals surface area contributed by atoms with Gasteiger partial charge in [-0.05, 0) is 35.9 Å². The van der Waals surface area contributed by atoms with Gasteiger partial charge in [-0.15, -0.1) is 0 Å². The minimum Gasteiger partial charge on any atom is -0.508 e. The van der Waals surface area contributed by atoms with Gasteiger partial charge in [-0.1, -0.05) is 0 Å². The Morgan fingerprint density at radius 3 is 2.12 bits per heavy atom. The second kappa shape index (κ2) is 4.17. The monoisotopic (exact) mass is 230 g/mol. The molecule has 0 spiro atoms. The zero-order valence-corrected chi connectivity index (χ0v) is 8.79. The highest BCUT2D eigenvalue weighted by Gasteiger charge is 2.10. The molecule has 4 heteroatoms. The predicted octanol–water partition coefficient (Wildman–Crippen LogP) is 2.28. The molecular weight excluding hydrogens is 220 g/mol. The summed E-state index contributed by atoms with van der Waals surface area (Å²) >= 11 is 0. The van der Waals surface area contributed by atoms with Crippen LogP contribution >= 0.6 is 0 Å². The summed E-state index contributed by atoms with van der Waals surface area (Å²) in [6.45, 7) is 0. The molecule has 0 atom stereocenters. The van der Waals surface area contributed by atoms with Gasteiger partial charge in [0.2, 0.25) is 0 Å². The molecule has 0 bridgehead atoms. The number of aldehydes is 1. The maximum absolute atomic E-state index is 10.9. The van der Waals surface area contributed by atoms with Crippen molar-refractivity contribution in [3.05, 3.63) is 42.0 Å². The van der Waals surface area contributed by atoms with Crippen LogP contribution in [0.25, 0.3) is 11.1 Å². The Morgan fingerprint density at radius 2 is 1.47 bits per heavy atom. The number of rotatable bonds is 2. The van der Waals surface area contributed by atoms with Gasteiger partial charge in [-0.2, -0.15) is 0 Å². The number of aromatic hydroxyl groups is 3. The van der Waals surface area contributed by atoms with Crippen molar-refractivity contribution in [3.8, 4) is 28.4 Å². The molecule has 0 unspecified atom stereocenters. The molecule has 0 aliphatic heterocycles.